The number of hydrogen-bond donors (Lipinski definition) is 1. The van der Waals surface area contributed by atoms with Crippen LogP contribution in [-0.4, -0.2) is 42.9 Å². The molecule has 23 heavy (non-hydrogen) atoms. The Balaban J connectivity index is 1.63. The van der Waals surface area contributed by atoms with Crippen molar-refractivity contribution in [1.29, 1.82) is 0 Å². The molecule has 1 aromatic heterocycles. The third-order valence-corrected chi connectivity index (χ3v) is 4.51. The number of hydrogen-bond acceptors (Lipinski definition) is 4. The first kappa shape index (κ1) is 16.2. The van der Waals surface area contributed by atoms with E-state index in [1.807, 2.05) is 12.1 Å². The molecule has 1 aliphatic heterocycles. The molecule has 4 nitrogen and oxygen atoms in total. The maximum Gasteiger partial charge on any atom is 0.117 e. The van der Waals surface area contributed by atoms with E-state index in [1.165, 1.54) is 11.1 Å². The molecule has 1 aromatic carbocycles. The minimum absolute atomic E-state index is 0.111. The van der Waals surface area contributed by atoms with Gasteiger partial charge in [-0.2, -0.15) is 0 Å². The van der Waals surface area contributed by atoms with Gasteiger partial charge in [0.15, 0.2) is 0 Å². The Morgan fingerprint density at radius 2 is 1.96 bits per heavy atom. The fourth-order valence-corrected chi connectivity index (χ4v) is 2.98. The molecule has 1 saturated heterocycles. The largest absolute Gasteiger partial charge is 0.468 e. The monoisotopic (exact) mass is 315 g/mol. The Bertz CT molecular complexity index is 582. The van der Waals surface area contributed by atoms with Crippen LogP contribution in [0.1, 0.15) is 16.9 Å². The highest BCUT2D eigenvalue weighted by Gasteiger charge is 2.39. The molecule has 2 aromatic rings. The summed E-state index contributed by atoms with van der Waals surface area (Å²) >= 11 is 0. The summed E-state index contributed by atoms with van der Waals surface area (Å²) in [4.78, 5) is 2.36. The average molecular weight is 315 g/mol. The van der Waals surface area contributed by atoms with Gasteiger partial charge in [-0.15, -0.1) is 0 Å². The molecule has 3 rings (SSSR count). The standard InChI is InChI=1S/C19H25NO3/c1-16-4-6-17(7-5-16)8-9-20(11-18-3-2-10-23-18)12-19(13-21)14-22-15-19/h2-7,10,21H,8-9,11-15H2,1H3. The van der Waals surface area contributed by atoms with Crippen LogP contribution in [0.5, 0.6) is 0 Å². The number of nitrogens with zero attached hydrogens (tertiary/aromatic N) is 1. The summed E-state index contributed by atoms with van der Waals surface area (Å²) in [5.41, 5.74) is 2.51. The Morgan fingerprint density at radius 3 is 2.52 bits per heavy atom. The van der Waals surface area contributed by atoms with Crippen molar-refractivity contribution in [2.75, 3.05) is 32.9 Å². The average Bonchev–Trinajstić information content (AvgIpc) is 3.03. The minimum Gasteiger partial charge on any atom is -0.468 e. The third-order valence-electron chi connectivity index (χ3n) is 4.51. The second-order valence-corrected chi connectivity index (χ2v) is 6.68. The van der Waals surface area contributed by atoms with Gasteiger partial charge in [-0.3, -0.25) is 4.90 Å². The van der Waals surface area contributed by atoms with Crippen molar-refractivity contribution in [2.24, 2.45) is 5.41 Å². The molecule has 4 heteroatoms. The number of rotatable bonds is 8. The maximum absolute atomic E-state index is 9.70. The molecule has 0 atom stereocenters. The molecule has 124 valence electrons. The molecule has 0 bridgehead atoms. The highest BCUT2D eigenvalue weighted by atomic mass is 16.5. The quantitative estimate of drug-likeness (QED) is 0.813. The first-order valence-corrected chi connectivity index (χ1v) is 8.18. The second kappa shape index (κ2) is 7.30. The molecule has 0 unspecified atom stereocenters. The van der Waals surface area contributed by atoms with Crippen LogP contribution in [0.2, 0.25) is 0 Å². The molecule has 1 aliphatic rings. The lowest BCUT2D eigenvalue weighted by atomic mass is 9.86. The molecule has 1 N–H and O–H groups in total. The molecule has 1 fully saturated rings. The summed E-state index contributed by atoms with van der Waals surface area (Å²) in [7, 11) is 0. The lowest BCUT2D eigenvalue weighted by Gasteiger charge is -2.43. The fourth-order valence-electron chi connectivity index (χ4n) is 2.98. The van der Waals surface area contributed by atoms with Gasteiger partial charge in [0.05, 0.1) is 38.0 Å². The lowest BCUT2D eigenvalue weighted by molar-refractivity contribution is -0.149. The number of aliphatic hydroxyl groups is 1. The van der Waals surface area contributed by atoms with Crippen LogP contribution in [0.3, 0.4) is 0 Å². The topological polar surface area (TPSA) is 45.8 Å². The maximum atomic E-state index is 9.70. The van der Waals surface area contributed by atoms with E-state index in [4.69, 9.17) is 9.15 Å². The van der Waals surface area contributed by atoms with Crippen molar-refractivity contribution >= 4 is 0 Å². The van der Waals surface area contributed by atoms with Crippen LogP contribution in [0.25, 0.3) is 0 Å². The molecular formula is C19H25NO3. The third kappa shape index (κ3) is 4.22. The Labute approximate surface area is 137 Å². The van der Waals surface area contributed by atoms with Crippen molar-refractivity contribution in [3.05, 3.63) is 59.5 Å². The van der Waals surface area contributed by atoms with Gasteiger partial charge < -0.3 is 14.3 Å². The van der Waals surface area contributed by atoms with E-state index in [2.05, 4.69) is 36.1 Å². The highest BCUT2D eigenvalue weighted by molar-refractivity contribution is 5.21. The van der Waals surface area contributed by atoms with Crippen molar-refractivity contribution < 1.29 is 14.3 Å². The first-order chi connectivity index (χ1) is 11.2. The zero-order valence-electron chi connectivity index (χ0n) is 13.7. The van der Waals surface area contributed by atoms with Crippen molar-refractivity contribution in [2.45, 2.75) is 19.9 Å². The van der Waals surface area contributed by atoms with Gasteiger partial charge in [0.1, 0.15) is 5.76 Å². The van der Waals surface area contributed by atoms with Gasteiger partial charge in [0, 0.05) is 13.1 Å². The van der Waals surface area contributed by atoms with Crippen LogP contribution in [0, 0.1) is 12.3 Å². The zero-order chi connectivity index (χ0) is 16.1. The summed E-state index contributed by atoms with van der Waals surface area (Å²) in [6.45, 7) is 6.09. The SMILES string of the molecule is Cc1ccc(CCN(Cc2ccco2)CC2(CO)COC2)cc1. The second-order valence-electron chi connectivity index (χ2n) is 6.68. The van der Waals surface area contributed by atoms with E-state index >= 15 is 0 Å². The number of aliphatic hydroxyl groups excluding tert-OH is 1. The Morgan fingerprint density at radius 1 is 1.17 bits per heavy atom. The highest BCUT2D eigenvalue weighted by Crippen LogP contribution is 2.28. The van der Waals surface area contributed by atoms with Crippen LogP contribution in [0.15, 0.2) is 47.1 Å². The molecule has 0 amide bonds. The van der Waals surface area contributed by atoms with Crippen LogP contribution < -0.4 is 0 Å². The number of aryl methyl sites for hydroxylation is 1. The van der Waals surface area contributed by atoms with Crippen molar-refractivity contribution in [1.82, 2.24) is 4.90 Å². The van der Waals surface area contributed by atoms with Crippen LogP contribution >= 0.6 is 0 Å². The summed E-state index contributed by atoms with van der Waals surface area (Å²) in [6, 6.07) is 12.6. The normalized spacial score (nSPS) is 16.5. The zero-order valence-corrected chi connectivity index (χ0v) is 13.7. The van der Waals surface area contributed by atoms with Crippen molar-refractivity contribution in [3.63, 3.8) is 0 Å². The molecule has 0 radical (unpaired) electrons. The summed E-state index contributed by atoms with van der Waals surface area (Å²) < 4.78 is 10.8. The van der Waals surface area contributed by atoms with Gasteiger partial charge in [-0.25, -0.2) is 0 Å². The van der Waals surface area contributed by atoms with E-state index in [9.17, 15) is 5.11 Å². The van der Waals surface area contributed by atoms with E-state index in [0.29, 0.717) is 13.2 Å². The molecule has 0 saturated carbocycles. The van der Waals surface area contributed by atoms with E-state index in [1.54, 1.807) is 6.26 Å². The number of benzene rings is 1. The number of ether oxygens (including phenoxy) is 1. The van der Waals surface area contributed by atoms with Crippen LogP contribution in [0.4, 0.5) is 0 Å². The minimum atomic E-state index is -0.111. The molecule has 2 heterocycles. The van der Waals surface area contributed by atoms with Gasteiger partial charge in [0.2, 0.25) is 0 Å². The van der Waals surface area contributed by atoms with Crippen molar-refractivity contribution in [3.8, 4) is 0 Å². The van der Waals surface area contributed by atoms with E-state index < -0.39 is 0 Å². The van der Waals surface area contributed by atoms with Gasteiger partial charge in [-0.05, 0) is 31.0 Å². The Kier molecular flexibility index (Phi) is 5.16. The fraction of sp³-hybridized carbons (Fsp3) is 0.474. The van der Waals surface area contributed by atoms with Crippen LogP contribution in [-0.2, 0) is 17.7 Å². The number of furan rings is 1. The smallest absolute Gasteiger partial charge is 0.117 e. The summed E-state index contributed by atoms with van der Waals surface area (Å²) in [5, 5.41) is 9.70. The first-order valence-electron chi connectivity index (χ1n) is 8.18. The molecule has 0 aliphatic carbocycles. The lowest BCUT2D eigenvalue weighted by Crippen LogP contribution is -2.53. The summed E-state index contributed by atoms with van der Waals surface area (Å²) in [6.07, 6.45) is 2.70. The molecule has 0 spiro atoms. The van der Waals surface area contributed by atoms with Gasteiger partial charge in [0.25, 0.3) is 0 Å². The summed E-state index contributed by atoms with van der Waals surface area (Å²) in [5.74, 6) is 0.960. The van der Waals surface area contributed by atoms with Gasteiger partial charge >= 0.3 is 0 Å². The van der Waals surface area contributed by atoms with E-state index in [0.717, 1.165) is 31.8 Å². The van der Waals surface area contributed by atoms with Gasteiger partial charge in [-0.1, -0.05) is 29.8 Å². The Hall–Kier alpha value is -1.62. The van der Waals surface area contributed by atoms with E-state index in [-0.39, 0.29) is 12.0 Å². The predicted molar refractivity (Wildman–Crippen MR) is 89.2 cm³/mol. The predicted octanol–water partition coefficient (Wildman–Crippen LogP) is 2.64. The molecular weight excluding hydrogens is 290 g/mol.